The van der Waals surface area contributed by atoms with Gasteiger partial charge in [-0.25, -0.2) is 0 Å². The van der Waals surface area contributed by atoms with E-state index in [9.17, 15) is 13.2 Å². The molecule has 1 nitrogen and oxygen atoms in total. The molecule has 0 saturated carbocycles. The second-order valence-corrected chi connectivity index (χ2v) is 4.87. The molecule has 0 amide bonds. The van der Waals surface area contributed by atoms with Gasteiger partial charge in [-0.1, -0.05) is 26.0 Å². The predicted molar refractivity (Wildman–Crippen MR) is 60.3 cm³/mol. The highest BCUT2D eigenvalue weighted by Gasteiger charge is 2.28. The summed E-state index contributed by atoms with van der Waals surface area (Å²) in [6, 6.07) is 6.78. The molecule has 16 heavy (non-hydrogen) atoms. The number of nitrogens with one attached hydrogen (secondary N) is 1. The molecule has 0 aliphatic heterocycles. The number of rotatable bonds is 4. The Bertz CT molecular complexity index is 319. The number of hydrogen-bond donors (Lipinski definition) is 1. The van der Waals surface area contributed by atoms with Gasteiger partial charge < -0.3 is 5.32 Å². The monoisotopic (exact) mass is 249 g/mol. The largest absolute Gasteiger partial charge is 0.446 e. The summed E-state index contributed by atoms with van der Waals surface area (Å²) in [6.07, 6.45) is 0. The summed E-state index contributed by atoms with van der Waals surface area (Å²) < 4.78 is 36.1. The molecule has 0 atom stereocenters. The van der Waals surface area contributed by atoms with E-state index in [1.54, 1.807) is 12.1 Å². The molecular formula is C11H14F3NS. The fourth-order valence-electron chi connectivity index (χ4n) is 1.13. The van der Waals surface area contributed by atoms with Crippen LogP contribution < -0.4 is 5.32 Å². The molecule has 0 unspecified atom stereocenters. The lowest BCUT2D eigenvalue weighted by Gasteiger charge is -2.09. The highest BCUT2D eigenvalue weighted by Crippen LogP contribution is 2.36. The van der Waals surface area contributed by atoms with Crippen LogP contribution in [-0.2, 0) is 6.54 Å². The molecule has 0 fully saturated rings. The van der Waals surface area contributed by atoms with Crippen molar-refractivity contribution < 1.29 is 13.2 Å². The van der Waals surface area contributed by atoms with Crippen molar-refractivity contribution in [1.82, 2.24) is 5.32 Å². The van der Waals surface area contributed by atoms with E-state index in [1.807, 2.05) is 13.8 Å². The maximum absolute atomic E-state index is 12.0. The van der Waals surface area contributed by atoms with Crippen molar-refractivity contribution in [3.05, 3.63) is 29.8 Å². The molecule has 1 aromatic carbocycles. The van der Waals surface area contributed by atoms with E-state index in [2.05, 4.69) is 5.32 Å². The van der Waals surface area contributed by atoms with Crippen LogP contribution >= 0.6 is 11.8 Å². The average molecular weight is 249 g/mol. The van der Waals surface area contributed by atoms with Gasteiger partial charge in [0.1, 0.15) is 0 Å². The maximum atomic E-state index is 12.0. The van der Waals surface area contributed by atoms with E-state index in [-0.39, 0.29) is 16.7 Å². The first-order chi connectivity index (χ1) is 7.37. The summed E-state index contributed by atoms with van der Waals surface area (Å²) in [5.41, 5.74) is -3.22. The van der Waals surface area contributed by atoms with E-state index in [0.29, 0.717) is 12.6 Å². The fraction of sp³-hybridized carbons (Fsp3) is 0.455. The van der Waals surface area contributed by atoms with Crippen molar-refractivity contribution in [3.63, 3.8) is 0 Å². The lowest BCUT2D eigenvalue weighted by atomic mass is 10.2. The van der Waals surface area contributed by atoms with Gasteiger partial charge in [0.25, 0.3) is 0 Å². The van der Waals surface area contributed by atoms with Crippen molar-refractivity contribution in [2.45, 2.75) is 36.8 Å². The van der Waals surface area contributed by atoms with E-state index in [4.69, 9.17) is 0 Å². The van der Waals surface area contributed by atoms with Crippen molar-refractivity contribution >= 4 is 11.8 Å². The van der Waals surface area contributed by atoms with Gasteiger partial charge in [0.2, 0.25) is 0 Å². The zero-order valence-electron chi connectivity index (χ0n) is 9.14. The van der Waals surface area contributed by atoms with Crippen LogP contribution in [-0.4, -0.2) is 11.6 Å². The third kappa shape index (κ3) is 5.42. The van der Waals surface area contributed by atoms with E-state index in [1.165, 1.54) is 12.1 Å². The van der Waals surface area contributed by atoms with E-state index in [0.717, 1.165) is 5.56 Å². The van der Waals surface area contributed by atoms with Gasteiger partial charge in [0.15, 0.2) is 0 Å². The zero-order chi connectivity index (χ0) is 12.2. The quantitative estimate of drug-likeness (QED) is 0.815. The molecule has 0 aliphatic rings. The first-order valence-corrected chi connectivity index (χ1v) is 5.76. The Balaban J connectivity index is 2.54. The molecule has 0 spiro atoms. The topological polar surface area (TPSA) is 12.0 Å². The minimum Gasteiger partial charge on any atom is -0.310 e. The van der Waals surface area contributed by atoms with Gasteiger partial charge in [-0.15, -0.1) is 0 Å². The third-order valence-electron chi connectivity index (χ3n) is 1.87. The normalized spacial score (nSPS) is 12.1. The fourth-order valence-corrected chi connectivity index (χ4v) is 1.67. The molecule has 0 saturated heterocycles. The molecule has 0 bridgehead atoms. The minimum atomic E-state index is -4.21. The first-order valence-electron chi connectivity index (χ1n) is 4.95. The highest BCUT2D eigenvalue weighted by atomic mass is 32.2. The summed E-state index contributed by atoms with van der Waals surface area (Å²) in [6.45, 7) is 4.72. The summed E-state index contributed by atoms with van der Waals surface area (Å²) in [5.74, 6) is 0. The lowest BCUT2D eigenvalue weighted by molar-refractivity contribution is -0.0328. The number of hydrogen-bond acceptors (Lipinski definition) is 2. The molecular weight excluding hydrogens is 235 g/mol. The van der Waals surface area contributed by atoms with Gasteiger partial charge in [0, 0.05) is 17.5 Å². The Kier molecular flexibility index (Phi) is 4.68. The van der Waals surface area contributed by atoms with Gasteiger partial charge in [0.05, 0.1) is 0 Å². The van der Waals surface area contributed by atoms with Crippen LogP contribution in [0, 0.1) is 0 Å². The van der Waals surface area contributed by atoms with Crippen LogP contribution in [0.3, 0.4) is 0 Å². The minimum absolute atomic E-state index is 0.0866. The highest BCUT2D eigenvalue weighted by molar-refractivity contribution is 8.00. The molecule has 1 rings (SSSR count). The van der Waals surface area contributed by atoms with Crippen molar-refractivity contribution in [1.29, 1.82) is 0 Å². The van der Waals surface area contributed by atoms with Crippen LogP contribution in [0.25, 0.3) is 0 Å². The standard InChI is InChI=1S/C11H14F3NS/c1-8(2)15-7-9-3-5-10(6-4-9)16-11(12,13)14/h3-6,8,15H,7H2,1-2H3. The molecule has 0 aliphatic carbocycles. The number of halogens is 3. The summed E-state index contributed by atoms with van der Waals surface area (Å²) in [7, 11) is 0. The SMILES string of the molecule is CC(C)NCc1ccc(SC(F)(F)F)cc1. The van der Waals surface area contributed by atoms with Crippen LogP contribution in [0.5, 0.6) is 0 Å². The Morgan fingerprint density at radius 1 is 1.19 bits per heavy atom. The Hall–Kier alpha value is -0.680. The van der Waals surface area contributed by atoms with E-state index < -0.39 is 5.51 Å². The zero-order valence-corrected chi connectivity index (χ0v) is 9.95. The van der Waals surface area contributed by atoms with Crippen molar-refractivity contribution in [2.24, 2.45) is 0 Å². The van der Waals surface area contributed by atoms with E-state index >= 15 is 0 Å². The van der Waals surface area contributed by atoms with Crippen molar-refractivity contribution in [3.8, 4) is 0 Å². The summed E-state index contributed by atoms with van der Waals surface area (Å²) in [5, 5.41) is 3.20. The predicted octanol–water partition coefficient (Wildman–Crippen LogP) is 3.80. The molecule has 0 radical (unpaired) electrons. The average Bonchev–Trinajstić information content (AvgIpc) is 2.14. The second-order valence-electron chi connectivity index (χ2n) is 3.73. The number of benzene rings is 1. The first kappa shape index (κ1) is 13.4. The van der Waals surface area contributed by atoms with Gasteiger partial charge in [-0.2, -0.15) is 13.2 Å². The maximum Gasteiger partial charge on any atom is 0.446 e. The van der Waals surface area contributed by atoms with Crippen LogP contribution in [0.2, 0.25) is 0 Å². The molecule has 90 valence electrons. The molecule has 0 heterocycles. The van der Waals surface area contributed by atoms with Crippen LogP contribution in [0.4, 0.5) is 13.2 Å². The number of alkyl halides is 3. The Morgan fingerprint density at radius 2 is 1.75 bits per heavy atom. The molecule has 5 heteroatoms. The van der Waals surface area contributed by atoms with Gasteiger partial charge in [-0.05, 0) is 29.5 Å². The Morgan fingerprint density at radius 3 is 2.19 bits per heavy atom. The molecule has 1 aromatic rings. The molecule has 0 aromatic heterocycles. The smallest absolute Gasteiger partial charge is 0.310 e. The number of thioether (sulfide) groups is 1. The van der Waals surface area contributed by atoms with Crippen LogP contribution in [0.15, 0.2) is 29.2 Å². The summed E-state index contributed by atoms with van der Waals surface area (Å²) in [4.78, 5) is 0.223. The lowest BCUT2D eigenvalue weighted by Crippen LogP contribution is -2.21. The third-order valence-corrected chi connectivity index (χ3v) is 2.61. The van der Waals surface area contributed by atoms with Crippen LogP contribution in [0.1, 0.15) is 19.4 Å². The summed E-state index contributed by atoms with van der Waals surface area (Å²) >= 11 is -0.0866. The Labute approximate surface area is 97.4 Å². The molecule has 1 N–H and O–H groups in total. The second kappa shape index (κ2) is 5.59. The van der Waals surface area contributed by atoms with Gasteiger partial charge >= 0.3 is 5.51 Å². The van der Waals surface area contributed by atoms with Gasteiger partial charge in [-0.3, -0.25) is 0 Å². The van der Waals surface area contributed by atoms with Crippen molar-refractivity contribution in [2.75, 3.05) is 0 Å².